The van der Waals surface area contributed by atoms with E-state index in [2.05, 4.69) is 20.5 Å². The third-order valence-electron chi connectivity index (χ3n) is 4.85. The molecule has 0 aliphatic heterocycles. The number of imidazole rings is 1. The van der Waals surface area contributed by atoms with Gasteiger partial charge < -0.3 is 20.8 Å². The van der Waals surface area contributed by atoms with Crippen LogP contribution >= 0.6 is 11.6 Å². The molecule has 0 aliphatic rings. The largest absolute Gasteiger partial charge is 0.444 e. The number of hydrogen-bond acceptors (Lipinski definition) is 5. The average molecular weight is 453 g/mol. The maximum absolute atomic E-state index is 12.5. The summed E-state index contributed by atoms with van der Waals surface area (Å²) in [5, 5.41) is 11.0. The van der Waals surface area contributed by atoms with Crippen molar-refractivity contribution in [1.82, 2.24) is 25.5 Å². The van der Waals surface area contributed by atoms with Gasteiger partial charge in [-0.05, 0) is 38.5 Å². The number of alkyl carbamates (subject to hydrolysis) is 1. The summed E-state index contributed by atoms with van der Waals surface area (Å²) in [5.41, 5.74) is 8.43. The Morgan fingerprint density at radius 3 is 2.69 bits per heavy atom. The maximum atomic E-state index is 12.5. The van der Waals surface area contributed by atoms with Crippen LogP contribution in [0.1, 0.15) is 38.2 Å². The molecule has 5 N–H and O–H groups in total. The van der Waals surface area contributed by atoms with Crippen LogP contribution in [0.2, 0.25) is 5.15 Å². The molecule has 166 valence electrons. The van der Waals surface area contributed by atoms with Crippen molar-refractivity contribution in [3.8, 4) is 11.3 Å². The van der Waals surface area contributed by atoms with Gasteiger partial charge in [0.2, 0.25) is 0 Å². The zero-order chi connectivity index (χ0) is 22.9. The predicted molar refractivity (Wildman–Crippen MR) is 125 cm³/mol. The normalized spacial score (nSPS) is 12.6. The SMILES string of the molecule is CC(C)(C)OC(=O)NC(Cc1ccccc1)c1nc(-c2ccc3c(N)n[nH]c3c2)c(Cl)[nH]1. The number of nitrogens with zero attached hydrogens (tertiary/aromatic N) is 2. The Kier molecular flexibility index (Phi) is 5.80. The Hall–Kier alpha value is -3.52. The fourth-order valence-corrected chi connectivity index (χ4v) is 3.68. The number of hydrogen-bond donors (Lipinski definition) is 4. The lowest BCUT2D eigenvalue weighted by atomic mass is 10.1. The van der Waals surface area contributed by atoms with E-state index in [9.17, 15) is 4.79 Å². The molecule has 0 spiro atoms. The number of carbonyl (C=O) groups is 1. The van der Waals surface area contributed by atoms with Gasteiger partial charge in [-0.2, -0.15) is 5.10 Å². The molecule has 8 nitrogen and oxygen atoms in total. The number of benzene rings is 2. The average Bonchev–Trinajstić information content (AvgIpc) is 3.29. The van der Waals surface area contributed by atoms with Crippen LogP contribution in [-0.2, 0) is 11.2 Å². The second-order valence-corrected chi connectivity index (χ2v) is 8.92. The first-order valence-electron chi connectivity index (χ1n) is 10.2. The van der Waals surface area contributed by atoms with Gasteiger partial charge in [-0.1, -0.05) is 48.0 Å². The van der Waals surface area contributed by atoms with Gasteiger partial charge in [-0.3, -0.25) is 5.10 Å². The molecule has 4 rings (SSSR count). The molecule has 1 unspecified atom stereocenters. The number of rotatable bonds is 5. The van der Waals surface area contributed by atoms with Crippen molar-refractivity contribution < 1.29 is 9.53 Å². The van der Waals surface area contributed by atoms with Gasteiger partial charge in [-0.25, -0.2) is 9.78 Å². The number of H-pyrrole nitrogens is 2. The molecule has 0 radical (unpaired) electrons. The van der Waals surface area contributed by atoms with E-state index < -0.39 is 17.7 Å². The van der Waals surface area contributed by atoms with Gasteiger partial charge in [0.25, 0.3) is 0 Å². The second kappa shape index (κ2) is 8.55. The number of nitrogen functional groups attached to an aromatic ring is 1. The Bertz CT molecular complexity index is 1240. The minimum atomic E-state index is -0.616. The summed E-state index contributed by atoms with van der Waals surface area (Å²) < 4.78 is 5.45. The van der Waals surface area contributed by atoms with Crippen molar-refractivity contribution in [2.75, 3.05) is 5.73 Å². The number of nitrogens with one attached hydrogen (secondary N) is 3. The summed E-state index contributed by atoms with van der Waals surface area (Å²) in [7, 11) is 0. The molecule has 1 amide bonds. The predicted octanol–water partition coefficient (Wildman–Crippen LogP) is 5.00. The van der Waals surface area contributed by atoms with Crippen LogP contribution in [-0.4, -0.2) is 31.9 Å². The molecule has 9 heteroatoms. The Balaban J connectivity index is 1.66. The van der Waals surface area contributed by atoms with E-state index >= 15 is 0 Å². The van der Waals surface area contributed by atoms with Crippen LogP contribution in [0.5, 0.6) is 0 Å². The molecule has 1 atom stereocenters. The molecule has 4 aromatic rings. The number of halogens is 1. The zero-order valence-corrected chi connectivity index (χ0v) is 18.8. The summed E-state index contributed by atoms with van der Waals surface area (Å²) in [4.78, 5) is 20.3. The lowest BCUT2D eigenvalue weighted by Gasteiger charge is -2.23. The van der Waals surface area contributed by atoms with Gasteiger partial charge >= 0.3 is 6.09 Å². The minimum Gasteiger partial charge on any atom is -0.444 e. The monoisotopic (exact) mass is 452 g/mol. The number of aromatic nitrogens is 4. The second-order valence-electron chi connectivity index (χ2n) is 8.54. The number of amides is 1. The Labute approximate surface area is 190 Å². The molecular weight excluding hydrogens is 428 g/mol. The highest BCUT2D eigenvalue weighted by Gasteiger charge is 2.24. The van der Waals surface area contributed by atoms with Crippen molar-refractivity contribution in [2.45, 2.75) is 38.8 Å². The van der Waals surface area contributed by atoms with E-state index in [1.54, 1.807) is 0 Å². The van der Waals surface area contributed by atoms with Crippen LogP contribution < -0.4 is 11.1 Å². The van der Waals surface area contributed by atoms with Crippen LogP contribution in [0.25, 0.3) is 22.2 Å². The van der Waals surface area contributed by atoms with E-state index in [4.69, 9.17) is 27.1 Å². The van der Waals surface area contributed by atoms with Crippen molar-refractivity contribution in [3.63, 3.8) is 0 Å². The van der Waals surface area contributed by atoms with E-state index in [0.29, 0.717) is 28.9 Å². The quantitative estimate of drug-likeness (QED) is 0.339. The first-order valence-corrected chi connectivity index (χ1v) is 10.6. The highest BCUT2D eigenvalue weighted by molar-refractivity contribution is 6.32. The van der Waals surface area contributed by atoms with Gasteiger partial charge in [-0.15, -0.1) is 0 Å². The molecule has 2 aromatic heterocycles. The van der Waals surface area contributed by atoms with Gasteiger partial charge in [0.15, 0.2) is 5.82 Å². The number of nitrogens with two attached hydrogens (primary N) is 1. The van der Waals surface area contributed by atoms with Crippen molar-refractivity contribution in [1.29, 1.82) is 0 Å². The summed E-state index contributed by atoms with van der Waals surface area (Å²) in [5.74, 6) is 0.966. The van der Waals surface area contributed by atoms with E-state index in [1.165, 1.54) is 0 Å². The molecule has 2 heterocycles. The first-order chi connectivity index (χ1) is 15.2. The fraction of sp³-hybridized carbons (Fsp3) is 0.261. The van der Waals surface area contributed by atoms with E-state index in [1.807, 2.05) is 69.3 Å². The lowest BCUT2D eigenvalue weighted by Crippen LogP contribution is -2.36. The summed E-state index contributed by atoms with van der Waals surface area (Å²) >= 11 is 6.51. The molecular formula is C23H25ClN6O2. The highest BCUT2D eigenvalue weighted by atomic mass is 35.5. The van der Waals surface area contributed by atoms with E-state index in [-0.39, 0.29) is 0 Å². The third kappa shape index (κ3) is 4.86. The molecule has 0 bridgehead atoms. The van der Waals surface area contributed by atoms with E-state index in [0.717, 1.165) is 22.0 Å². The molecule has 2 aromatic carbocycles. The first kappa shape index (κ1) is 21.7. The van der Waals surface area contributed by atoms with Crippen LogP contribution in [0.4, 0.5) is 10.6 Å². The number of aromatic amines is 2. The number of carbonyl (C=O) groups excluding carboxylic acids is 1. The van der Waals surface area contributed by atoms with Crippen molar-refractivity contribution in [3.05, 3.63) is 65.1 Å². The smallest absolute Gasteiger partial charge is 0.408 e. The van der Waals surface area contributed by atoms with Gasteiger partial charge in [0.05, 0.1) is 11.6 Å². The molecule has 0 saturated carbocycles. The molecule has 0 saturated heterocycles. The summed E-state index contributed by atoms with van der Waals surface area (Å²) in [6.45, 7) is 5.46. The van der Waals surface area contributed by atoms with Crippen molar-refractivity contribution in [2.24, 2.45) is 0 Å². The number of ether oxygens (including phenoxy) is 1. The molecule has 0 fully saturated rings. The summed E-state index contributed by atoms with van der Waals surface area (Å²) in [6.07, 6.45) is -0.0127. The Morgan fingerprint density at radius 1 is 1.22 bits per heavy atom. The summed E-state index contributed by atoms with van der Waals surface area (Å²) in [6, 6.07) is 15.0. The van der Waals surface area contributed by atoms with Crippen LogP contribution in [0, 0.1) is 0 Å². The van der Waals surface area contributed by atoms with Gasteiger partial charge in [0, 0.05) is 17.4 Å². The molecule has 0 aliphatic carbocycles. The maximum Gasteiger partial charge on any atom is 0.408 e. The Morgan fingerprint density at radius 2 is 1.97 bits per heavy atom. The lowest BCUT2D eigenvalue weighted by molar-refractivity contribution is 0.0501. The minimum absolute atomic E-state index is 0.371. The topological polar surface area (TPSA) is 122 Å². The standard InChI is InChI=1S/C23H25ClN6O2/c1-23(2,3)32-22(31)26-17(11-13-7-5-4-6-8-13)21-27-18(19(24)28-21)14-9-10-15-16(12-14)29-30-20(15)25/h4-10,12,17H,11H2,1-3H3,(H,26,31)(H,27,28)(H3,25,29,30). The number of fused-ring (bicyclic) bond motifs is 1. The highest BCUT2D eigenvalue weighted by Crippen LogP contribution is 2.31. The fourth-order valence-electron chi connectivity index (χ4n) is 3.43. The third-order valence-corrected chi connectivity index (χ3v) is 5.12. The van der Waals surface area contributed by atoms with Gasteiger partial charge in [0.1, 0.15) is 22.3 Å². The molecule has 32 heavy (non-hydrogen) atoms. The van der Waals surface area contributed by atoms with Crippen molar-refractivity contribution >= 4 is 34.4 Å². The van der Waals surface area contributed by atoms with Crippen LogP contribution in [0.15, 0.2) is 48.5 Å². The zero-order valence-electron chi connectivity index (χ0n) is 18.1. The number of anilines is 1. The van der Waals surface area contributed by atoms with Crippen LogP contribution in [0.3, 0.4) is 0 Å².